The molecule has 0 bridgehead atoms. The lowest BCUT2D eigenvalue weighted by atomic mass is 10.0. The van der Waals surface area contributed by atoms with Crippen molar-refractivity contribution in [1.29, 1.82) is 0 Å². The third kappa shape index (κ3) is 5.91. The predicted octanol–water partition coefficient (Wildman–Crippen LogP) is 5.19. The Morgan fingerprint density at radius 1 is 1.12 bits per heavy atom. The molecular weight excluding hydrogens is 557 g/mol. The first kappa shape index (κ1) is 27.2. The van der Waals surface area contributed by atoms with Gasteiger partial charge >= 0.3 is 12.5 Å². The Morgan fingerprint density at radius 3 is 2.59 bits per heavy atom. The molecule has 10 nitrogen and oxygen atoms in total. The van der Waals surface area contributed by atoms with Crippen LogP contribution in [0.15, 0.2) is 47.1 Å². The third-order valence-electron chi connectivity index (χ3n) is 7.06. The summed E-state index contributed by atoms with van der Waals surface area (Å²) in [7, 11) is 0. The number of halogens is 5. The average molecular weight is 581 g/mol. The molecule has 1 aliphatic carbocycles. The number of nitrogens with zero attached hydrogens (tertiary/aromatic N) is 3. The van der Waals surface area contributed by atoms with Crippen molar-refractivity contribution >= 4 is 11.9 Å². The van der Waals surface area contributed by atoms with E-state index in [0.29, 0.717) is 22.7 Å². The van der Waals surface area contributed by atoms with Crippen LogP contribution in [0.1, 0.15) is 48.2 Å². The Hall–Kier alpha value is -3.98. The maximum atomic E-state index is 15.3. The van der Waals surface area contributed by atoms with Gasteiger partial charge in [-0.1, -0.05) is 23.4 Å². The fourth-order valence-electron chi connectivity index (χ4n) is 4.92. The van der Waals surface area contributed by atoms with E-state index in [-0.39, 0.29) is 36.7 Å². The summed E-state index contributed by atoms with van der Waals surface area (Å²) >= 11 is 0. The molecule has 2 N–H and O–H groups in total. The lowest BCUT2D eigenvalue weighted by Gasteiger charge is -2.38. The van der Waals surface area contributed by atoms with Crippen LogP contribution in [0.2, 0.25) is 0 Å². The summed E-state index contributed by atoms with van der Waals surface area (Å²) < 4.78 is 85.0. The number of alkyl halides is 5. The van der Waals surface area contributed by atoms with Gasteiger partial charge < -0.3 is 23.7 Å². The summed E-state index contributed by atoms with van der Waals surface area (Å²) in [4.78, 5) is 21.5. The van der Waals surface area contributed by atoms with Gasteiger partial charge in [-0.3, -0.25) is 5.32 Å². The van der Waals surface area contributed by atoms with E-state index in [1.165, 1.54) is 29.3 Å². The first-order valence-electron chi connectivity index (χ1n) is 12.8. The van der Waals surface area contributed by atoms with Gasteiger partial charge in [0.2, 0.25) is 0 Å². The van der Waals surface area contributed by atoms with E-state index in [0.717, 1.165) is 18.9 Å². The van der Waals surface area contributed by atoms with Gasteiger partial charge in [-0.25, -0.2) is 18.6 Å². The topological polar surface area (TPSA) is 111 Å². The summed E-state index contributed by atoms with van der Waals surface area (Å²) in [5, 5.41) is 6.51. The number of hydrogen-bond acceptors (Lipinski definition) is 9. The smallest absolute Gasteiger partial charge is 0.405 e. The van der Waals surface area contributed by atoms with E-state index in [1.54, 1.807) is 12.1 Å². The van der Waals surface area contributed by atoms with Crippen molar-refractivity contribution in [2.75, 3.05) is 18.0 Å². The number of hydroxylamine groups is 1. The molecule has 3 aromatic rings. The van der Waals surface area contributed by atoms with E-state index >= 15 is 8.78 Å². The third-order valence-corrected chi connectivity index (χ3v) is 7.06. The number of ether oxygens (including phenoxy) is 2. The molecule has 15 heteroatoms. The summed E-state index contributed by atoms with van der Waals surface area (Å²) in [5.41, 5.74) is 3.49. The van der Waals surface area contributed by atoms with Crippen LogP contribution in [0.4, 0.5) is 32.6 Å². The van der Waals surface area contributed by atoms with Gasteiger partial charge in [-0.05, 0) is 37.5 Å². The zero-order valence-corrected chi connectivity index (χ0v) is 21.3. The number of benzene rings is 1. The van der Waals surface area contributed by atoms with Gasteiger partial charge in [-0.15, -0.1) is 18.7 Å². The predicted molar refractivity (Wildman–Crippen MR) is 131 cm³/mol. The normalized spacial score (nSPS) is 22.4. The van der Waals surface area contributed by atoms with Gasteiger partial charge in [0.15, 0.2) is 0 Å². The van der Waals surface area contributed by atoms with Gasteiger partial charge in [-0.2, -0.15) is 0 Å². The molecule has 3 fully saturated rings. The minimum absolute atomic E-state index is 0.00117. The largest absolute Gasteiger partial charge is 0.573 e. The van der Waals surface area contributed by atoms with Gasteiger partial charge in [0.25, 0.3) is 5.92 Å². The monoisotopic (exact) mass is 581 g/mol. The van der Waals surface area contributed by atoms with Crippen LogP contribution in [0.25, 0.3) is 11.3 Å². The summed E-state index contributed by atoms with van der Waals surface area (Å²) in [6.07, 6.45) is -4.62. The minimum Gasteiger partial charge on any atom is -0.405 e. The average Bonchev–Trinajstić information content (AvgIpc) is 3.54. The number of aromatic nitrogens is 2. The van der Waals surface area contributed by atoms with Crippen molar-refractivity contribution in [3.63, 3.8) is 0 Å². The highest BCUT2D eigenvalue weighted by Crippen LogP contribution is 2.46. The minimum atomic E-state index is -4.93. The second kappa shape index (κ2) is 10.4. The number of carbonyl (C=O) groups is 1. The number of rotatable bonds is 8. The van der Waals surface area contributed by atoms with E-state index < -0.39 is 42.9 Å². The number of pyridine rings is 1. The second-order valence-corrected chi connectivity index (χ2v) is 10.00. The molecule has 2 aromatic heterocycles. The maximum absolute atomic E-state index is 15.3. The van der Waals surface area contributed by atoms with Crippen LogP contribution in [-0.2, 0) is 16.2 Å². The van der Waals surface area contributed by atoms with E-state index in [1.807, 2.05) is 0 Å². The molecular formula is C26H24F5N5O5. The Bertz CT molecular complexity index is 1410. The number of para-hydroxylation sites is 1. The summed E-state index contributed by atoms with van der Waals surface area (Å²) in [6.45, 7) is -0.747. The molecule has 41 heavy (non-hydrogen) atoms. The molecule has 2 unspecified atom stereocenters. The molecule has 1 amide bonds. The van der Waals surface area contributed by atoms with Crippen LogP contribution >= 0.6 is 0 Å². The zero-order chi connectivity index (χ0) is 28.8. The molecule has 2 aliphatic heterocycles. The van der Waals surface area contributed by atoms with Crippen molar-refractivity contribution in [2.24, 2.45) is 0 Å². The SMILES string of the molecule is O=C1NC(c2ccc(N3CCC(OCc4c(-c5ccccc5OC(F)(F)F)noc4C4CC4)C(F)(F)C3)nc2)NO1. The van der Waals surface area contributed by atoms with Crippen molar-refractivity contribution in [1.82, 2.24) is 20.9 Å². The van der Waals surface area contributed by atoms with Gasteiger partial charge in [0.05, 0.1) is 13.2 Å². The number of anilines is 1. The van der Waals surface area contributed by atoms with E-state index in [4.69, 9.17) is 9.26 Å². The first-order valence-corrected chi connectivity index (χ1v) is 12.8. The molecule has 3 aliphatic rings. The Morgan fingerprint density at radius 2 is 1.93 bits per heavy atom. The highest BCUT2D eigenvalue weighted by molar-refractivity contribution is 5.70. The van der Waals surface area contributed by atoms with E-state index in [9.17, 15) is 18.0 Å². The Balaban J connectivity index is 1.16. The number of hydrogen-bond donors (Lipinski definition) is 2. The molecule has 6 rings (SSSR count). The van der Waals surface area contributed by atoms with Crippen LogP contribution < -0.4 is 20.4 Å². The number of amides is 1. The molecule has 1 saturated carbocycles. The first-order chi connectivity index (χ1) is 19.6. The fourth-order valence-corrected chi connectivity index (χ4v) is 4.92. The molecule has 1 aromatic carbocycles. The van der Waals surface area contributed by atoms with Crippen LogP contribution in [-0.4, -0.2) is 47.7 Å². The van der Waals surface area contributed by atoms with Crippen LogP contribution in [0.3, 0.4) is 0 Å². The Kier molecular flexibility index (Phi) is 6.93. The maximum Gasteiger partial charge on any atom is 0.573 e. The standard InChI is InChI=1S/C26H24F5N5O5/c27-25(28)13-36(20-8-7-15(11-32-20)23-33-24(37)41-35-23)10-9-19(25)38-12-17-21(34-40-22(17)14-5-6-14)16-3-1-2-4-18(16)39-26(29,30)31/h1-4,7-8,11,14,19,23,35H,5-6,9-10,12-13H2,(H,33,37). The fraction of sp³-hybridized carbons (Fsp3) is 0.423. The summed E-state index contributed by atoms with van der Waals surface area (Å²) in [6, 6.07) is 8.67. The number of nitrogens with one attached hydrogen (secondary N) is 2. The van der Waals surface area contributed by atoms with Crippen LogP contribution in [0.5, 0.6) is 5.75 Å². The molecule has 0 radical (unpaired) electrons. The highest BCUT2D eigenvalue weighted by atomic mass is 19.4. The number of piperidine rings is 1. The molecule has 2 atom stereocenters. The van der Waals surface area contributed by atoms with Crippen molar-refractivity contribution in [3.8, 4) is 17.0 Å². The Labute approximate surface area is 229 Å². The highest BCUT2D eigenvalue weighted by Gasteiger charge is 2.46. The van der Waals surface area contributed by atoms with Crippen molar-refractivity contribution in [2.45, 2.75) is 56.3 Å². The second-order valence-electron chi connectivity index (χ2n) is 10.00. The molecule has 4 heterocycles. The lowest BCUT2D eigenvalue weighted by Crippen LogP contribution is -2.52. The molecule has 0 spiro atoms. The zero-order valence-electron chi connectivity index (χ0n) is 21.3. The lowest BCUT2D eigenvalue weighted by molar-refractivity contribution is -0.274. The quantitative estimate of drug-likeness (QED) is 0.348. The van der Waals surface area contributed by atoms with Crippen molar-refractivity contribution in [3.05, 3.63) is 59.5 Å². The van der Waals surface area contributed by atoms with Gasteiger partial charge in [0, 0.05) is 35.3 Å². The summed E-state index contributed by atoms with van der Waals surface area (Å²) in [5.74, 6) is -2.99. The van der Waals surface area contributed by atoms with E-state index in [2.05, 4.69) is 30.5 Å². The van der Waals surface area contributed by atoms with Gasteiger partial charge in [0.1, 0.15) is 35.3 Å². The van der Waals surface area contributed by atoms with Crippen LogP contribution in [0, 0.1) is 0 Å². The molecule has 218 valence electrons. The van der Waals surface area contributed by atoms with Crippen molar-refractivity contribution < 1.29 is 45.6 Å². The molecule has 2 saturated heterocycles. The number of carbonyl (C=O) groups excluding carboxylic acids is 1.